The van der Waals surface area contributed by atoms with E-state index in [4.69, 9.17) is 23.2 Å². The molecule has 0 aliphatic carbocycles. The molecule has 2 nitrogen and oxygen atoms in total. The molecule has 0 aromatic heterocycles. The summed E-state index contributed by atoms with van der Waals surface area (Å²) in [5, 5.41) is 3.44. The van der Waals surface area contributed by atoms with Crippen LogP contribution in [0.1, 0.15) is 11.1 Å². The molecular weight excluding hydrogens is 233 g/mol. The maximum atomic E-state index is 10.9. The van der Waals surface area contributed by atoms with Gasteiger partial charge >= 0.3 is 0 Å². The van der Waals surface area contributed by atoms with E-state index in [1.165, 1.54) is 0 Å². The van der Waals surface area contributed by atoms with E-state index in [1.807, 2.05) is 25.1 Å². The highest BCUT2D eigenvalue weighted by atomic mass is 35.5. The molecule has 0 spiro atoms. The van der Waals surface area contributed by atoms with Gasteiger partial charge in [-0.05, 0) is 30.5 Å². The van der Waals surface area contributed by atoms with Gasteiger partial charge in [-0.1, -0.05) is 23.7 Å². The number of hydrogen-bond acceptors (Lipinski definition) is 1. The Balaban J connectivity index is 2.47. The van der Waals surface area contributed by atoms with Crippen LogP contribution in [0, 0.1) is 6.92 Å². The fourth-order valence-electron chi connectivity index (χ4n) is 1.24. The van der Waals surface area contributed by atoms with E-state index in [9.17, 15) is 4.79 Å². The number of halogens is 2. The lowest BCUT2D eigenvalue weighted by molar-refractivity contribution is -0.118. The molecule has 0 atom stereocenters. The largest absolute Gasteiger partial charge is 0.355 e. The second-order valence-electron chi connectivity index (χ2n) is 3.33. The van der Waals surface area contributed by atoms with E-state index in [1.54, 1.807) is 0 Å². The van der Waals surface area contributed by atoms with E-state index in [0.717, 1.165) is 22.6 Å². The number of alkyl halides is 1. The summed E-state index contributed by atoms with van der Waals surface area (Å²) in [4.78, 5) is 10.9. The quantitative estimate of drug-likeness (QED) is 0.812. The minimum absolute atomic E-state index is 0.00162. The Morgan fingerprint density at radius 2 is 2.20 bits per heavy atom. The molecule has 1 rings (SSSR count). The van der Waals surface area contributed by atoms with Gasteiger partial charge in [-0.2, -0.15) is 0 Å². The van der Waals surface area contributed by atoms with Crippen molar-refractivity contribution >= 4 is 29.1 Å². The number of rotatable bonds is 4. The van der Waals surface area contributed by atoms with Crippen LogP contribution in [0.15, 0.2) is 18.2 Å². The first-order valence-corrected chi connectivity index (χ1v) is 5.62. The standard InChI is InChI=1S/C11H13Cl2NO/c1-8-2-3-9(10(13)6-8)4-5-14-11(15)7-12/h2-3,6H,4-5,7H2,1H3,(H,14,15). The number of aryl methyl sites for hydroxylation is 1. The Bertz CT molecular complexity index is 352. The third-order valence-corrected chi connectivity index (χ3v) is 2.64. The maximum Gasteiger partial charge on any atom is 0.234 e. The molecule has 15 heavy (non-hydrogen) atoms. The highest BCUT2D eigenvalue weighted by Gasteiger charge is 2.01. The lowest BCUT2D eigenvalue weighted by Crippen LogP contribution is -2.26. The Labute approximate surface area is 99.6 Å². The fourth-order valence-corrected chi connectivity index (χ4v) is 1.66. The predicted molar refractivity (Wildman–Crippen MR) is 63.6 cm³/mol. The van der Waals surface area contributed by atoms with Gasteiger partial charge in [-0.3, -0.25) is 4.79 Å². The Hall–Kier alpha value is -0.730. The number of hydrogen-bond donors (Lipinski definition) is 1. The van der Waals surface area contributed by atoms with Crippen molar-refractivity contribution in [1.29, 1.82) is 0 Å². The van der Waals surface area contributed by atoms with Crippen molar-refractivity contribution in [3.63, 3.8) is 0 Å². The van der Waals surface area contributed by atoms with Crippen LogP contribution in [0.3, 0.4) is 0 Å². The molecule has 0 aliphatic heterocycles. The van der Waals surface area contributed by atoms with Gasteiger partial charge in [0, 0.05) is 11.6 Å². The highest BCUT2D eigenvalue weighted by Crippen LogP contribution is 2.17. The summed E-state index contributed by atoms with van der Waals surface area (Å²) >= 11 is 11.4. The molecule has 4 heteroatoms. The van der Waals surface area contributed by atoms with Gasteiger partial charge in [0.05, 0.1) is 0 Å². The Morgan fingerprint density at radius 3 is 2.80 bits per heavy atom. The zero-order valence-corrected chi connectivity index (χ0v) is 10.0. The van der Waals surface area contributed by atoms with E-state index >= 15 is 0 Å². The van der Waals surface area contributed by atoms with Crippen LogP contribution < -0.4 is 5.32 Å². The predicted octanol–water partition coefficient (Wildman–Crippen LogP) is 2.55. The van der Waals surface area contributed by atoms with Gasteiger partial charge in [0.25, 0.3) is 0 Å². The monoisotopic (exact) mass is 245 g/mol. The van der Waals surface area contributed by atoms with Crippen LogP contribution in [0.4, 0.5) is 0 Å². The van der Waals surface area contributed by atoms with E-state index < -0.39 is 0 Å². The van der Waals surface area contributed by atoms with Crippen LogP contribution in [-0.2, 0) is 11.2 Å². The average Bonchev–Trinajstić information content (AvgIpc) is 2.21. The fraction of sp³-hybridized carbons (Fsp3) is 0.364. The molecule has 1 aromatic carbocycles. The first-order valence-electron chi connectivity index (χ1n) is 4.71. The summed E-state index contributed by atoms with van der Waals surface area (Å²) < 4.78 is 0. The normalized spacial score (nSPS) is 10.1. The minimum Gasteiger partial charge on any atom is -0.355 e. The molecular formula is C11H13Cl2NO. The summed E-state index contributed by atoms with van der Waals surface area (Å²) in [6.45, 7) is 2.55. The van der Waals surface area contributed by atoms with E-state index in [-0.39, 0.29) is 11.8 Å². The lowest BCUT2D eigenvalue weighted by Gasteiger charge is -2.06. The van der Waals surface area contributed by atoms with Crippen LogP contribution >= 0.6 is 23.2 Å². The second kappa shape index (κ2) is 5.99. The van der Waals surface area contributed by atoms with Crippen LogP contribution in [0.2, 0.25) is 5.02 Å². The van der Waals surface area contributed by atoms with Crippen molar-refractivity contribution in [2.24, 2.45) is 0 Å². The average molecular weight is 246 g/mol. The third-order valence-electron chi connectivity index (χ3n) is 2.05. The first-order chi connectivity index (χ1) is 7.13. The first kappa shape index (κ1) is 12.3. The molecule has 0 saturated heterocycles. The smallest absolute Gasteiger partial charge is 0.234 e. The lowest BCUT2D eigenvalue weighted by atomic mass is 10.1. The molecule has 0 saturated carbocycles. The van der Waals surface area contributed by atoms with E-state index in [2.05, 4.69) is 5.32 Å². The Kier molecular flexibility index (Phi) is 4.92. The second-order valence-corrected chi connectivity index (χ2v) is 4.00. The molecule has 0 bridgehead atoms. The molecule has 0 radical (unpaired) electrons. The molecule has 0 fully saturated rings. The zero-order chi connectivity index (χ0) is 11.3. The summed E-state index contributed by atoms with van der Waals surface area (Å²) in [5.41, 5.74) is 2.17. The number of carbonyl (C=O) groups excluding carboxylic acids is 1. The van der Waals surface area contributed by atoms with Gasteiger partial charge in [0.2, 0.25) is 5.91 Å². The summed E-state index contributed by atoms with van der Waals surface area (Å²) in [6, 6.07) is 5.90. The van der Waals surface area contributed by atoms with Gasteiger partial charge in [-0.15, -0.1) is 11.6 Å². The van der Waals surface area contributed by atoms with Crippen molar-refractivity contribution in [3.05, 3.63) is 34.3 Å². The summed E-state index contributed by atoms with van der Waals surface area (Å²) in [6.07, 6.45) is 0.724. The van der Waals surface area contributed by atoms with Crippen molar-refractivity contribution in [2.75, 3.05) is 12.4 Å². The van der Waals surface area contributed by atoms with Gasteiger partial charge in [0.15, 0.2) is 0 Å². The molecule has 82 valence electrons. The zero-order valence-electron chi connectivity index (χ0n) is 8.52. The van der Waals surface area contributed by atoms with Crippen molar-refractivity contribution in [1.82, 2.24) is 5.32 Å². The van der Waals surface area contributed by atoms with Gasteiger partial charge < -0.3 is 5.32 Å². The minimum atomic E-state index is -0.153. The maximum absolute atomic E-state index is 10.9. The topological polar surface area (TPSA) is 29.1 Å². The van der Waals surface area contributed by atoms with Gasteiger partial charge in [-0.25, -0.2) is 0 Å². The molecule has 0 unspecified atom stereocenters. The highest BCUT2D eigenvalue weighted by molar-refractivity contribution is 6.31. The molecule has 1 aromatic rings. The van der Waals surface area contributed by atoms with E-state index in [0.29, 0.717) is 6.54 Å². The Morgan fingerprint density at radius 1 is 1.47 bits per heavy atom. The van der Waals surface area contributed by atoms with Crippen LogP contribution in [0.5, 0.6) is 0 Å². The molecule has 0 aliphatic rings. The molecule has 1 amide bonds. The summed E-state index contributed by atoms with van der Waals surface area (Å²) in [7, 11) is 0. The molecule has 0 heterocycles. The van der Waals surface area contributed by atoms with Crippen molar-refractivity contribution in [3.8, 4) is 0 Å². The van der Waals surface area contributed by atoms with Crippen LogP contribution in [-0.4, -0.2) is 18.3 Å². The number of benzene rings is 1. The van der Waals surface area contributed by atoms with Gasteiger partial charge in [0.1, 0.15) is 5.88 Å². The number of carbonyl (C=O) groups is 1. The SMILES string of the molecule is Cc1ccc(CCNC(=O)CCl)c(Cl)c1. The summed E-state index contributed by atoms with van der Waals surface area (Å²) in [5.74, 6) is -0.151. The van der Waals surface area contributed by atoms with Crippen molar-refractivity contribution in [2.45, 2.75) is 13.3 Å². The third kappa shape index (κ3) is 4.10. The number of amides is 1. The molecule has 1 N–H and O–H groups in total. The van der Waals surface area contributed by atoms with Crippen LogP contribution in [0.25, 0.3) is 0 Å². The number of nitrogens with one attached hydrogen (secondary N) is 1. The van der Waals surface area contributed by atoms with Crippen molar-refractivity contribution < 1.29 is 4.79 Å².